The molecule has 21 rings (SSSR count). The fraction of sp³-hybridized carbons (Fsp3) is 0.184. The summed E-state index contributed by atoms with van der Waals surface area (Å²) >= 11 is 64.5. The quantitative estimate of drug-likeness (QED) is 0.0183. The number of carbonyl (C=O) groups is 9. The van der Waals surface area contributed by atoms with Gasteiger partial charge < -0.3 is 62.4 Å². The summed E-state index contributed by atoms with van der Waals surface area (Å²) in [5, 5.41) is 25.1. The van der Waals surface area contributed by atoms with Crippen LogP contribution in [0.4, 0.5) is 4.79 Å². The molecule has 0 saturated carbocycles. The van der Waals surface area contributed by atoms with Crippen LogP contribution in [0.25, 0.3) is 0 Å². The van der Waals surface area contributed by atoms with Gasteiger partial charge in [0.25, 0.3) is 23.6 Å². The van der Waals surface area contributed by atoms with Crippen LogP contribution in [0.2, 0.25) is 30.1 Å². The Bertz CT molecular complexity index is 6820. The number of rotatable bonds is 7. The first-order valence-corrected chi connectivity index (χ1v) is 53.8. The van der Waals surface area contributed by atoms with Crippen molar-refractivity contribution in [2.45, 2.75) is 91.7 Å². The minimum atomic E-state index is -1.14. The van der Waals surface area contributed by atoms with Gasteiger partial charge in [0.2, 0.25) is 6.41 Å². The standard InChI is InChI=1S/C19H16BrClN2O2S.C18H15BrClN3O2.C17H12BrClN2O3.C17H12BrClN2O2S.C15H10BrClO2.C8H7BrO2.C7H5ClO.CH3I.CH3NO.HI.H3N/c1-23-17(24)19(22-18(23)26-2)10-16(11-3-6-13(21)7-4-11)25-15-8-5-12(20)9-14(15)19;1-23-16(24)18(22-17(23)21)9-15(10-2-5-12(20)6-3-10)25-14-7-4-11(19)8-13(14)18;18-10-3-6-13-12(7-10)17(15(22)20-16(23)21-17)8-14(24-13)9-1-4-11(19)5-2-9;18-10-3-6-13-12(7-10)17(15(22)20-16(24)21-17)8-14(23-13)9-1-4-11(19)5-2-9;16-10-3-6-14-12(7-10)13(18)8-15(19-14)9-1-4-11(17)5-2-9;1-5(10)7-4-6(9)2-3-8(7)11;8-7-3-1-6(5-9)2-4-7;1-2;2-1-3;;/h3-9,16H,10H2,1-2H3;2-8,15H,9H2,1H3,(H2,21,22);1-7,14H,8H2,(H2,20,21,22,23);1-7,14H,8H2,(H2,20,21,22,24);1-7,15H,8H2;2-4,11H,1H3;1-5H;1H3;1H,(H2,2,3);1H;1H3. The molecule has 12 N–H and O–H groups in total. The first-order valence-electron chi connectivity index (χ1n) is 43.0. The summed E-state index contributed by atoms with van der Waals surface area (Å²) < 4.78 is 35.7. The lowest BCUT2D eigenvalue weighted by Crippen LogP contribution is -2.48. The van der Waals surface area contributed by atoms with Crippen LogP contribution in [0.1, 0.15) is 151 Å². The Kier molecular flexibility index (Phi) is 41.0. The third-order valence-electron chi connectivity index (χ3n) is 23.6. The molecular weight excluding hydrogens is 2640 g/mol. The monoisotopic (exact) mass is 2720 g/mol. The minimum Gasteiger partial charge on any atom is -0.507 e. The number of amidine groups is 1. The zero-order valence-corrected chi connectivity index (χ0v) is 96.9. The number of Topliss-reactive ketones (excluding diaryl/α,β-unsaturated/α-hetero) is 2. The van der Waals surface area contributed by atoms with Crippen molar-refractivity contribution in [3.05, 3.63) is 379 Å². The van der Waals surface area contributed by atoms with Gasteiger partial charge in [-0.1, -0.05) is 272 Å². The number of thiocarbonyl (C=S) groups is 1. The van der Waals surface area contributed by atoms with Gasteiger partial charge in [-0.25, -0.2) is 14.8 Å². The van der Waals surface area contributed by atoms with E-state index in [2.05, 4.69) is 150 Å². The maximum absolute atomic E-state index is 13.3. The summed E-state index contributed by atoms with van der Waals surface area (Å²) in [6.07, 6.45) is 3.39. The number of ether oxygens (including phenoxy) is 5. The molecule has 4 spiro atoms. The van der Waals surface area contributed by atoms with Gasteiger partial charge in [0, 0.05) is 125 Å². The Morgan fingerprint density at radius 1 is 0.462 bits per heavy atom. The highest BCUT2D eigenvalue weighted by Crippen LogP contribution is 2.55. The van der Waals surface area contributed by atoms with Crippen molar-refractivity contribution in [3.63, 3.8) is 0 Å². The molecule has 754 valence electrons. The van der Waals surface area contributed by atoms with Gasteiger partial charge in [0.05, 0.1) is 17.5 Å². The number of phenolic OH excluding ortho intramolecular Hbond substituents is 1. The number of alkyl halides is 1. The number of aliphatic imine (C=N–C) groups is 2. The van der Waals surface area contributed by atoms with Gasteiger partial charge in [-0.3, -0.25) is 53.5 Å². The van der Waals surface area contributed by atoms with Gasteiger partial charge >= 0.3 is 6.03 Å². The lowest BCUT2D eigenvalue weighted by atomic mass is 9.80. The molecule has 2 saturated heterocycles. The number of aromatic hydroxyl groups is 1. The highest BCUT2D eigenvalue weighted by molar-refractivity contribution is 14.1. The Morgan fingerprint density at radius 2 is 0.779 bits per heavy atom. The number of hydrogen-bond acceptors (Lipinski definition) is 21. The molecular formula is C103H87Br6Cl6I2N11O15S2. The molecule has 9 heterocycles. The number of primary amides is 1. The maximum atomic E-state index is 13.3. The van der Waals surface area contributed by atoms with Crippen LogP contribution in [0.15, 0.2) is 292 Å². The lowest BCUT2D eigenvalue weighted by Gasteiger charge is -2.38. The number of guanidine groups is 1. The molecule has 0 aromatic heterocycles. The van der Waals surface area contributed by atoms with E-state index in [0.29, 0.717) is 118 Å². The summed E-state index contributed by atoms with van der Waals surface area (Å²) in [4.78, 5) is 119. The summed E-state index contributed by atoms with van der Waals surface area (Å²) in [5.74, 6) is 2.71. The fourth-order valence-electron chi connectivity index (χ4n) is 16.8. The minimum absolute atomic E-state index is 0. The number of thioether (sulfide) groups is 1. The van der Waals surface area contributed by atoms with E-state index in [1.807, 2.05) is 193 Å². The van der Waals surface area contributed by atoms with E-state index in [-0.39, 0.29) is 114 Å². The van der Waals surface area contributed by atoms with E-state index in [9.17, 15) is 38.4 Å². The van der Waals surface area contributed by atoms with Crippen LogP contribution in [-0.4, -0.2) is 110 Å². The van der Waals surface area contributed by atoms with Crippen LogP contribution < -0.4 is 62.6 Å². The molecule has 0 radical (unpaired) electrons. The average molecular weight is 2730 g/mol. The number of ketones is 2. The van der Waals surface area contributed by atoms with Crippen molar-refractivity contribution in [3.8, 4) is 34.5 Å². The molecule has 26 nitrogen and oxygen atoms in total. The molecule has 7 amide bonds. The molecule has 145 heavy (non-hydrogen) atoms. The van der Waals surface area contributed by atoms with Crippen LogP contribution in [-0.2, 0) is 46.1 Å². The first-order chi connectivity index (χ1) is 68.3. The number of aldehydes is 1. The van der Waals surface area contributed by atoms with E-state index >= 15 is 0 Å². The molecule has 9 atom stereocenters. The molecule has 9 aliphatic heterocycles. The van der Waals surface area contributed by atoms with Crippen LogP contribution in [0, 0.1) is 0 Å². The lowest BCUT2D eigenvalue weighted by molar-refractivity contribution is -0.133. The molecule has 0 aliphatic carbocycles. The third kappa shape index (κ3) is 26.9. The highest BCUT2D eigenvalue weighted by atomic mass is 127. The van der Waals surface area contributed by atoms with Crippen molar-refractivity contribution in [2.24, 2.45) is 21.5 Å². The molecule has 9 unspecified atom stereocenters. The Morgan fingerprint density at radius 3 is 1.12 bits per heavy atom. The SMILES string of the molecule is CC(=O)c1cc(Br)ccc1O.CI.CN1C(=O)C2(CC(c3ccc(Cl)cc3)Oc3ccc(Br)cc32)N=C1N.CSC1=NC2(CC(c3ccc(Cl)cc3)Oc3ccc(Br)cc32)C(=O)N1C.I.N.NC=O.O=C1CC(c2ccc(Cl)cc2)Oc2ccc(Br)cc21.O=C1NC(=O)C2(CC(c3ccc(Cl)cc3)Oc3ccc(Br)cc32)N1.O=C1NC(=S)NC12CC(c1ccc(Cl)cc1)Oc1ccc(Br)cc12.O=Cc1ccc(Cl)cc1. The van der Waals surface area contributed by atoms with E-state index in [0.717, 1.165) is 82.8 Å². The van der Waals surface area contributed by atoms with Gasteiger partial charge in [0.1, 0.15) is 71.3 Å². The first kappa shape index (κ1) is 116. The van der Waals surface area contributed by atoms with Crippen molar-refractivity contribution in [1.29, 1.82) is 0 Å². The summed E-state index contributed by atoms with van der Waals surface area (Å²) in [5.41, 5.74) is 15.3. The number of amides is 7. The number of fused-ring (bicyclic) bond motifs is 9. The normalized spacial score (nSPS) is 20.7. The van der Waals surface area contributed by atoms with Gasteiger partial charge in [-0.15, -0.1) is 24.0 Å². The largest absolute Gasteiger partial charge is 0.507 e. The zero-order chi connectivity index (χ0) is 103. The Labute approximate surface area is 955 Å². The molecule has 0 bridgehead atoms. The number of halogens is 14. The number of hydrogen-bond donors (Lipinski definition) is 8. The van der Waals surface area contributed by atoms with E-state index in [1.165, 1.54) is 29.7 Å². The summed E-state index contributed by atoms with van der Waals surface area (Å²) in [6.45, 7) is 1.42. The molecule has 2 fully saturated rings. The molecule has 42 heteroatoms. The maximum Gasteiger partial charge on any atom is 0.322 e. The number of urea groups is 1. The number of nitrogens with zero attached hydrogens (tertiary/aromatic N) is 4. The molecule has 12 aromatic rings. The second kappa shape index (κ2) is 51.3. The number of benzene rings is 12. The predicted octanol–water partition coefficient (Wildman–Crippen LogP) is 26.4. The van der Waals surface area contributed by atoms with E-state index in [4.69, 9.17) is 126 Å². The van der Waals surface area contributed by atoms with Crippen molar-refractivity contribution >= 4 is 306 Å². The number of nitrogens with one attached hydrogen (secondary N) is 4. The fourth-order valence-corrected chi connectivity index (χ4v) is 20.6. The Balaban J connectivity index is 0.000000163. The van der Waals surface area contributed by atoms with E-state index < -0.39 is 28.2 Å². The molecule has 12 aromatic carbocycles. The van der Waals surface area contributed by atoms with Crippen molar-refractivity contribution in [2.75, 3.05) is 25.3 Å². The summed E-state index contributed by atoms with van der Waals surface area (Å²) in [6, 6.07) is 76.0. The number of nitrogens with two attached hydrogens (primary N) is 2. The van der Waals surface area contributed by atoms with Gasteiger partial charge in [-0.2, -0.15) is 0 Å². The Hall–Kier alpha value is -9.31. The second-order valence-corrected chi connectivity index (χ2v) is 41.9. The van der Waals surface area contributed by atoms with E-state index in [1.54, 1.807) is 85.7 Å². The predicted molar refractivity (Wildman–Crippen MR) is 611 cm³/mol. The zero-order valence-electron chi connectivity index (χ0n) is 76.8. The van der Waals surface area contributed by atoms with Gasteiger partial charge in [-0.05, 0) is 240 Å². The van der Waals surface area contributed by atoms with Crippen molar-refractivity contribution in [1.82, 2.24) is 37.2 Å². The van der Waals surface area contributed by atoms with Gasteiger partial charge in [0.15, 0.2) is 50.0 Å². The van der Waals surface area contributed by atoms with Crippen LogP contribution in [0.5, 0.6) is 34.5 Å². The highest BCUT2D eigenvalue weighted by Gasteiger charge is 2.58. The third-order valence-corrected chi connectivity index (χ3v) is 29.0. The number of likely N-dealkylation sites (N-methyl/N-ethyl adjacent to an activating group) is 2. The van der Waals surface area contributed by atoms with Crippen LogP contribution >= 0.6 is 236 Å². The smallest absolute Gasteiger partial charge is 0.322 e. The topological polar surface area (TPSA) is 386 Å². The number of carbonyl (C=O) groups excluding carboxylic acids is 9. The molecule has 9 aliphatic rings. The van der Waals surface area contributed by atoms with Crippen LogP contribution in [0.3, 0.4) is 0 Å². The average Bonchev–Trinajstić information content (AvgIpc) is 1.57. The van der Waals surface area contributed by atoms with Crippen molar-refractivity contribution < 1.29 is 71.9 Å². The number of phenols is 1. The summed E-state index contributed by atoms with van der Waals surface area (Å²) in [7, 11) is 3.41. The number of imide groups is 1. The second-order valence-electron chi connectivity index (χ2n) is 32.6.